The molecular formula is C18H21N3O4. The quantitative estimate of drug-likeness (QED) is 0.709. The van der Waals surface area contributed by atoms with Crippen molar-refractivity contribution in [3.63, 3.8) is 0 Å². The van der Waals surface area contributed by atoms with E-state index in [9.17, 15) is 0 Å². The first-order valence-corrected chi connectivity index (χ1v) is 7.95. The van der Waals surface area contributed by atoms with Gasteiger partial charge in [0.1, 0.15) is 23.0 Å². The molecule has 0 aliphatic rings. The molecule has 0 radical (unpaired) electrons. The van der Waals surface area contributed by atoms with Gasteiger partial charge in [-0.2, -0.15) is 5.10 Å². The molecule has 0 saturated carbocycles. The molecule has 0 unspecified atom stereocenters. The molecule has 0 fully saturated rings. The first-order valence-electron chi connectivity index (χ1n) is 7.95. The molecule has 0 amide bonds. The van der Waals surface area contributed by atoms with E-state index in [1.165, 1.54) is 0 Å². The van der Waals surface area contributed by atoms with E-state index in [0.717, 1.165) is 22.6 Å². The third-order valence-electron chi connectivity index (χ3n) is 3.93. The number of oxazole rings is 1. The number of nitrogens with zero attached hydrogens (tertiary/aromatic N) is 3. The highest BCUT2D eigenvalue weighted by Gasteiger charge is 2.17. The van der Waals surface area contributed by atoms with E-state index in [0.29, 0.717) is 30.4 Å². The Balaban J connectivity index is 1.89. The Morgan fingerprint density at radius 2 is 2.08 bits per heavy atom. The Kier molecular flexibility index (Phi) is 5.04. The van der Waals surface area contributed by atoms with Crippen LogP contribution in [0.5, 0.6) is 11.5 Å². The predicted molar refractivity (Wildman–Crippen MR) is 91.9 cm³/mol. The third kappa shape index (κ3) is 3.66. The summed E-state index contributed by atoms with van der Waals surface area (Å²) in [6.07, 6.45) is 4.23. The van der Waals surface area contributed by atoms with Crippen molar-refractivity contribution in [2.24, 2.45) is 0 Å². The van der Waals surface area contributed by atoms with Crippen LogP contribution in [0.2, 0.25) is 0 Å². The minimum Gasteiger partial charge on any atom is -0.497 e. The molecule has 132 valence electrons. The first-order chi connectivity index (χ1) is 12.1. The standard InChI is InChI=1S/C18H21N3O4/c1-12-16(11-21-10-13(6-7-22)9-19-21)20-18(25-12)15-8-14(23-2)4-5-17(15)24-3/h4-5,8-10,22H,6-7,11H2,1-3H3. The summed E-state index contributed by atoms with van der Waals surface area (Å²) in [5.74, 6) is 2.57. The second kappa shape index (κ2) is 7.40. The number of aliphatic hydroxyl groups excluding tert-OH is 1. The molecule has 2 heterocycles. The summed E-state index contributed by atoms with van der Waals surface area (Å²) in [6, 6.07) is 5.48. The van der Waals surface area contributed by atoms with Gasteiger partial charge in [-0.05, 0) is 37.1 Å². The van der Waals surface area contributed by atoms with Crippen LogP contribution < -0.4 is 9.47 Å². The zero-order valence-electron chi connectivity index (χ0n) is 14.5. The maximum atomic E-state index is 9.00. The number of aryl methyl sites for hydroxylation is 1. The number of aliphatic hydroxyl groups is 1. The lowest BCUT2D eigenvalue weighted by Crippen LogP contribution is -2.01. The highest BCUT2D eigenvalue weighted by molar-refractivity contribution is 5.65. The molecule has 2 aromatic heterocycles. The molecule has 0 saturated heterocycles. The molecular weight excluding hydrogens is 322 g/mol. The molecule has 3 rings (SSSR count). The summed E-state index contributed by atoms with van der Waals surface area (Å²) >= 11 is 0. The third-order valence-corrected chi connectivity index (χ3v) is 3.93. The van der Waals surface area contributed by atoms with Gasteiger partial charge in [0, 0.05) is 12.8 Å². The van der Waals surface area contributed by atoms with Gasteiger partial charge in [0.15, 0.2) is 0 Å². The van der Waals surface area contributed by atoms with E-state index >= 15 is 0 Å². The Morgan fingerprint density at radius 3 is 2.80 bits per heavy atom. The Labute approximate surface area is 145 Å². The fraction of sp³-hybridized carbons (Fsp3) is 0.333. The van der Waals surface area contributed by atoms with Crippen LogP contribution in [0.3, 0.4) is 0 Å². The van der Waals surface area contributed by atoms with Crippen LogP contribution in [0, 0.1) is 6.92 Å². The summed E-state index contributed by atoms with van der Waals surface area (Å²) in [5.41, 5.74) is 2.51. The molecule has 0 aliphatic carbocycles. The minimum absolute atomic E-state index is 0.106. The van der Waals surface area contributed by atoms with Gasteiger partial charge in [0.25, 0.3) is 0 Å². The largest absolute Gasteiger partial charge is 0.497 e. The number of benzene rings is 1. The highest BCUT2D eigenvalue weighted by atomic mass is 16.5. The molecule has 0 bridgehead atoms. The van der Waals surface area contributed by atoms with Crippen molar-refractivity contribution in [2.45, 2.75) is 19.9 Å². The maximum absolute atomic E-state index is 9.00. The lowest BCUT2D eigenvalue weighted by molar-refractivity contribution is 0.299. The Bertz CT molecular complexity index is 854. The van der Waals surface area contributed by atoms with Crippen molar-refractivity contribution >= 4 is 0 Å². The number of methoxy groups -OCH3 is 2. The lowest BCUT2D eigenvalue weighted by atomic mass is 10.2. The van der Waals surface area contributed by atoms with Crippen LogP contribution >= 0.6 is 0 Å². The van der Waals surface area contributed by atoms with Gasteiger partial charge in [0.2, 0.25) is 5.89 Å². The van der Waals surface area contributed by atoms with E-state index < -0.39 is 0 Å². The fourth-order valence-corrected chi connectivity index (χ4v) is 2.58. The van der Waals surface area contributed by atoms with E-state index in [1.807, 2.05) is 31.3 Å². The monoisotopic (exact) mass is 343 g/mol. The van der Waals surface area contributed by atoms with Crippen molar-refractivity contribution in [3.8, 4) is 23.0 Å². The number of hydrogen-bond donors (Lipinski definition) is 1. The smallest absolute Gasteiger partial charge is 0.230 e. The van der Waals surface area contributed by atoms with Crippen molar-refractivity contribution in [3.05, 3.63) is 47.6 Å². The van der Waals surface area contributed by atoms with Gasteiger partial charge in [-0.15, -0.1) is 0 Å². The van der Waals surface area contributed by atoms with Gasteiger partial charge in [-0.25, -0.2) is 4.98 Å². The average Bonchev–Trinajstić information content (AvgIpc) is 3.22. The van der Waals surface area contributed by atoms with E-state index in [2.05, 4.69) is 10.1 Å². The topological polar surface area (TPSA) is 82.5 Å². The van der Waals surface area contributed by atoms with E-state index in [4.69, 9.17) is 19.0 Å². The molecule has 1 aromatic carbocycles. The zero-order valence-corrected chi connectivity index (χ0v) is 14.5. The van der Waals surface area contributed by atoms with Crippen molar-refractivity contribution in [2.75, 3.05) is 20.8 Å². The van der Waals surface area contributed by atoms with Crippen molar-refractivity contribution in [1.29, 1.82) is 0 Å². The van der Waals surface area contributed by atoms with Crippen molar-refractivity contribution < 1.29 is 19.0 Å². The Morgan fingerprint density at radius 1 is 1.24 bits per heavy atom. The molecule has 1 N–H and O–H groups in total. The van der Waals surface area contributed by atoms with Crippen LogP contribution in [-0.2, 0) is 13.0 Å². The zero-order chi connectivity index (χ0) is 17.8. The SMILES string of the molecule is COc1ccc(OC)c(-c2nc(Cn3cc(CCO)cn3)c(C)o2)c1. The van der Waals surface area contributed by atoms with E-state index in [-0.39, 0.29) is 6.61 Å². The fourth-order valence-electron chi connectivity index (χ4n) is 2.58. The second-order valence-corrected chi connectivity index (χ2v) is 5.61. The lowest BCUT2D eigenvalue weighted by Gasteiger charge is -2.07. The molecule has 0 atom stereocenters. The summed E-state index contributed by atoms with van der Waals surface area (Å²) in [7, 11) is 3.22. The van der Waals surface area contributed by atoms with Crippen LogP contribution in [0.4, 0.5) is 0 Å². The average molecular weight is 343 g/mol. The minimum atomic E-state index is 0.106. The number of rotatable bonds is 7. The molecule has 0 aliphatic heterocycles. The Hall–Kier alpha value is -2.80. The number of aromatic nitrogens is 3. The molecule has 3 aromatic rings. The van der Waals surface area contributed by atoms with Gasteiger partial charge < -0.3 is 19.0 Å². The van der Waals surface area contributed by atoms with Crippen molar-refractivity contribution in [1.82, 2.24) is 14.8 Å². The number of ether oxygens (including phenoxy) is 2. The highest BCUT2D eigenvalue weighted by Crippen LogP contribution is 2.33. The summed E-state index contributed by atoms with van der Waals surface area (Å²) < 4.78 is 18.3. The predicted octanol–water partition coefficient (Wildman–Crippen LogP) is 2.45. The summed E-state index contributed by atoms with van der Waals surface area (Å²) in [4.78, 5) is 4.60. The van der Waals surface area contributed by atoms with Crippen LogP contribution in [0.15, 0.2) is 35.0 Å². The maximum Gasteiger partial charge on any atom is 0.230 e. The molecule has 7 nitrogen and oxygen atoms in total. The van der Waals surface area contributed by atoms with Crippen LogP contribution in [-0.4, -0.2) is 40.7 Å². The van der Waals surface area contributed by atoms with Gasteiger partial charge in [-0.1, -0.05) is 0 Å². The second-order valence-electron chi connectivity index (χ2n) is 5.61. The van der Waals surface area contributed by atoms with Gasteiger partial charge >= 0.3 is 0 Å². The summed E-state index contributed by atoms with van der Waals surface area (Å²) in [6.45, 7) is 2.47. The van der Waals surface area contributed by atoms with Crippen LogP contribution in [0.1, 0.15) is 17.0 Å². The van der Waals surface area contributed by atoms with Gasteiger partial charge in [-0.3, -0.25) is 4.68 Å². The first kappa shape index (κ1) is 17.0. The molecule has 25 heavy (non-hydrogen) atoms. The summed E-state index contributed by atoms with van der Waals surface area (Å²) in [5, 5.41) is 13.3. The normalized spacial score (nSPS) is 10.9. The number of hydrogen-bond acceptors (Lipinski definition) is 6. The van der Waals surface area contributed by atoms with E-state index in [1.54, 1.807) is 25.1 Å². The molecule has 0 spiro atoms. The molecule has 7 heteroatoms. The van der Waals surface area contributed by atoms with Gasteiger partial charge in [0.05, 0.1) is 32.5 Å². The van der Waals surface area contributed by atoms with Crippen LogP contribution in [0.25, 0.3) is 11.5 Å².